The molecule has 0 saturated carbocycles. The zero-order chi connectivity index (χ0) is 17.4. The second-order valence-corrected chi connectivity index (χ2v) is 5.49. The summed E-state index contributed by atoms with van der Waals surface area (Å²) in [5.41, 5.74) is 0.122. The minimum absolute atomic E-state index is 0.133. The normalized spacial score (nSPS) is 12.7. The van der Waals surface area contributed by atoms with Crippen molar-refractivity contribution in [3.05, 3.63) is 43.8 Å². The van der Waals surface area contributed by atoms with Gasteiger partial charge in [-0.2, -0.15) is 0 Å². The SMILES string of the molecule is C/C=C(Cl)\C(CCNc1ncc(C(=O)OCC)c(=O)[nH]1)=C(/C)Cl. The van der Waals surface area contributed by atoms with Gasteiger partial charge in [0.05, 0.1) is 12.8 Å². The summed E-state index contributed by atoms with van der Waals surface area (Å²) in [5.74, 6) is -0.443. The number of aromatic nitrogens is 2. The van der Waals surface area contributed by atoms with E-state index in [1.54, 1.807) is 19.9 Å². The van der Waals surface area contributed by atoms with Gasteiger partial charge in [0.15, 0.2) is 0 Å². The van der Waals surface area contributed by atoms with Crippen LogP contribution < -0.4 is 10.9 Å². The number of halogens is 2. The maximum absolute atomic E-state index is 11.8. The lowest BCUT2D eigenvalue weighted by molar-refractivity contribution is 0.0524. The van der Waals surface area contributed by atoms with Gasteiger partial charge in [0, 0.05) is 16.6 Å². The van der Waals surface area contributed by atoms with Crippen LogP contribution in [0.25, 0.3) is 0 Å². The summed E-state index contributed by atoms with van der Waals surface area (Å²) < 4.78 is 4.77. The van der Waals surface area contributed by atoms with E-state index in [1.165, 1.54) is 6.20 Å². The number of rotatable bonds is 7. The Morgan fingerprint density at radius 3 is 2.70 bits per heavy atom. The molecule has 1 aromatic heterocycles. The minimum atomic E-state index is -0.698. The zero-order valence-electron chi connectivity index (χ0n) is 13.2. The molecular formula is C15H19Cl2N3O3. The predicted octanol–water partition coefficient (Wildman–Crippen LogP) is 3.40. The van der Waals surface area contributed by atoms with Gasteiger partial charge in [-0.05, 0) is 32.8 Å². The van der Waals surface area contributed by atoms with Gasteiger partial charge < -0.3 is 10.1 Å². The topological polar surface area (TPSA) is 84.1 Å². The van der Waals surface area contributed by atoms with Crippen molar-refractivity contribution in [1.29, 1.82) is 0 Å². The van der Waals surface area contributed by atoms with Crippen molar-refractivity contribution in [2.45, 2.75) is 27.2 Å². The maximum atomic E-state index is 11.8. The van der Waals surface area contributed by atoms with Crippen molar-refractivity contribution in [1.82, 2.24) is 9.97 Å². The average molecular weight is 360 g/mol. The third-order valence-corrected chi connectivity index (χ3v) is 3.59. The number of carbonyl (C=O) groups excluding carboxylic acids is 1. The van der Waals surface area contributed by atoms with Gasteiger partial charge in [-0.3, -0.25) is 9.78 Å². The van der Waals surface area contributed by atoms with Gasteiger partial charge in [-0.25, -0.2) is 9.78 Å². The molecular weight excluding hydrogens is 341 g/mol. The summed E-state index contributed by atoms with van der Waals surface area (Å²) in [4.78, 5) is 29.8. The Labute approximate surface area is 144 Å². The van der Waals surface area contributed by atoms with Crippen molar-refractivity contribution in [3.63, 3.8) is 0 Å². The summed E-state index contributed by atoms with van der Waals surface area (Å²) in [7, 11) is 0. The Balaban J connectivity index is 2.73. The molecule has 0 amide bonds. The van der Waals surface area contributed by atoms with Crippen LogP contribution in [0.4, 0.5) is 5.95 Å². The summed E-state index contributed by atoms with van der Waals surface area (Å²) in [6.07, 6.45) is 3.50. The molecule has 126 valence electrons. The molecule has 0 aliphatic carbocycles. The van der Waals surface area contributed by atoms with E-state index in [-0.39, 0.29) is 18.1 Å². The van der Waals surface area contributed by atoms with Crippen LogP contribution in [-0.4, -0.2) is 29.1 Å². The predicted molar refractivity (Wildman–Crippen MR) is 92.1 cm³/mol. The molecule has 0 atom stereocenters. The quantitative estimate of drug-likeness (QED) is 0.575. The highest BCUT2D eigenvalue weighted by atomic mass is 35.5. The lowest BCUT2D eigenvalue weighted by Gasteiger charge is -2.09. The van der Waals surface area contributed by atoms with Crippen molar-refractivity contribution in [2.75, 3.05) is 18.5 Å². The van der Waals surface area contributed by atoms with Gasteiger partial charge >= 0.3 is 5.97 Å². The van der Waals surface area contributed by atoms with Crippen molar-refractivity contribution in [3.8, 4) is 0 Å². The molecule has 0 fully saturated rings. The first-order chi connectivity index (χ1) is 10.9. The first-order valence-corrected chi connectivity index (χ1v) is 7.84. The highest BCUT2D eigenvalue weighted by Gasteiger charge is 2.13. The smallest absolute Gasteiger partial charge is 0.345 e. The van der Waals surface area contributed by atoms with E-state index in [2.05, 4.69) is 15.3 Å². The lowest BCUT2D eigenvalue weighted by Crippen LogP contribution is -2.22. The number of aromatic amines is 1. The largest absolute Gasteiger partial charge is 0.462 e. The maximum Gasteiger partial charge on any atom is 0.345 e. The molecule has 8 heteroatoms. The Kier molecular flexibility index (Phi) is 7.85. The Morgan fingerprint density at radius 2 is 2.17 bits per heavy atom. The fourth-order valence-corrected chi connectivity index (χ4v) is 2.26. The average Bonchev–Trinajstić information content (AvgIpc) is 2.50. The van der Waals surface area contributed by atoms with Crippen LogP contribution in [0.3, 0.4) is 0 Å². The van der Waals surface area contributed by atoms with E-state index in [4.69, 9.17) is 27.9 Å². The minimum Gasteiger partial charge on any atom is -0.462 e. The number of ether oxygens (including phenoxy) is 1. The number of hydrogen-bond acceptors (Lipinski definition) is 5. The van der Waals surface area contributed by atoms with Crippen LogP contribution in [0.5, 0.6) is 0 Å². The molecule has 0 aliphatic heterocycles. The lowest BCUT2D eigenvalue weighted by atomic mass is 10.1. The third kappa shape index (κ3) is 5.73. The number of nitrogens with one attached hydrogen (secondary N) is 2. The molecule has 6 nitrogen and oxygen atoms in total. The summed E-state index contributed by atoms with van der Waals surface area (Å²) in [6.45, 7) is 5.90. The van der Waals surface area contributed by atoms with Gasteiger partial charge in [0.25, 0.3) is 5.56 Å². The summed E-state index contributed by atoms with van der Waals surface area (Å²) in [5, 5.41) is 4.14. The van der Waals surface area contributed by atoms with Crippen molar-refractivity contribution in [2.24, 2.45) is 0 Å². The van der Waals surface area contributed by atoms with E-state index in [0.29, 0.717) is 23.0 Å². The van der Waals surface area contributed by atoms with Crippen LogP contribution >= 0.6 is 23.2 Å². The molecule has 23 heavy (non-hydrogen) atoms. The molecule has 1 aromatic rings. The number of hydrogen-bond donors (Lipinski definition) is 2. The molecule has 0 unspecified atom stereocenters. The number of esters is 1. The van der Waals surface area contributed by atoms with Crippen LogP contribution in [0.15, 0.2) is 32.7 Å². The van der Waals surface area contributed by atoms with E-state index in [9.17, 15) is 9.59 Å². The van der Waals surface area contributed by atoms with Crippen LogP contribution in [0.1, 0.15) is 37.6 Å². The van der Waals surface area contributed by atoms with E-state index < -0.39 is 11.5 Å². The van der Waals surface area contributed by atoms with Gasteiger partial charge in [0.1, 0.15) is 5.56 Å². The first kappa shape index (κ1) is 19.3. The molecule has 0 bridgehead atoms. The number of H-pyrrole nitrogens is 1. The number of anilines is 1. The van der Waals surface area contributed by atoms with Crippen LogP contribution in [-0.2, 0) is 4.74 Å². The fourth-order valence-electron chi connectivity index (χ4n) is 1.78. The number of carbonyl (C=O) groups is 1. The van der Waals surface area contributed by atoms with Crippen molar-refractivity contribution < 1.29 is 9.53 Å². The van der Waals surface area contributed by atoms with E-state index >= 15 is 0 Å². The standard InChI is InChI=1S/C15H19Cl2N3O3/c1-4-12(17)10(9(3)16)6-7-18-15-19-8-11(13(21)20-15)14(22)23-5-2/h4,8H,5-7H2,1-3H3,(H2,18,19,20,21)/b10-9+,12-4+. The molecule has 0 aliphatic rings. The fraction of sp³-hybridized carbons (Fsp3) is 0.400. The van der Waals surface area contributed by atoms with E-state index in [1.807, 2.05) is 6.92 Å². The monoisotopic (exact) mass is 359 g/mol. The number of nitrogens with zero attached hydrogens (tertiary/aromatic N) is 1. The highest BCUT2D eigenvalue weighted by Crippen LogP contribution is 2.24. The van der Waals surface area contributed by atoms with Gasteiger partial charge in [-0.1, -0.05) is 29.3 Å². The molecule has 1 heterocycles. The first-order valence-electron chi connectivity index (χ1n) is 7.08. The molecule has 0 spiro atoms. The summed E-state index contributed by atoms with van der Waals surface area (Å²) >= 11 is 12.1. The van der Waals surface area contributed by atoms with Crippen LogP contribution in [0, 0.1) is 0 Å². The molecule has 0 saturated heterocycles. The second-order valence-electron chi connectivity index (χ2n) is 4.52. The van der Waals surface area contributed by atoms with Crippen LogP contribution in [0.2, 0.25) is 0 Å². The second kappa shape index (κ2) is 9.37. The summed E-state index contributed by atoms with van der Waals surface area (Å²) in [6, 6.07) is 0. The molecule has 0 aromatic carbocycles. The Bertz CT molecular complexity index is 677. The van der Waals surface area contributed by atoms with Gasteiger partial charge in [-0.15, -0.1) is 0 Å². The Morgan fingerprint density at radius 1 is 1.48 bits per heavy atom. The third-order valence-electron chi connectivity index (χ3n) is 2.92. The highest BCUT2D eigenvalue weighted by molar-refractivity contribution is 6.35. The molecule has 2 N–H and O–H groups in total. The number of allylic oxidation sites excluding steroid dienone is 3. The van der Waals surface area contributed by atoms with Gasteiger partial charge in [0.2, 0.25) is 5.95 Å². The van der Waals surface area contributed by atoms with E-state index in [0.717, 1.165) is 5.57 Å². The Hall–Kier alpha value is -1.79. The van der Waals surface area contributed by atoms with Crippen molar-refractivity contribution >= 4 is 35.1 Å². The zero-order valence-corrected chi connectivity index (χ0v) is 14.7. The molecule has 1 rings (SSSR count). The molecule has 0 radical (unpaired) electrons.